The number of rotatable bonds is 6. The van der Waals surface area contributed by atoms with Crippen LogP contribution in [0.3, 0.4) is 0 Å². The van der Waals surface area contributed by atoms with Gasteiger partial charge in [-0.15, -0.1) is 0 Å². The molecule has 0 saturated carbocycles. The van der Waals surface area contributed by atoms with E-state index in [1.807, 2.05) is 30.3 Å². The summed E-state index contributed by atoms with van der Waals surface area (Å²) in [4.78, 5) is 12.5. The fourth-order valence-electron chi connectivity index (χ4n) is 3.02. The lowest BCUT2D eigenvalue weighted by Gasteiger charge is -2.38. The second kappa shape index (κ2) is 5.77. The van der Waals surface area contributed by atoms with Crippen LogP contribution in [0.15, 0.2) is 30.3 Å². The van der Waals surface area contributed by atoms with Gasteiger partial charge in [0.2, 0.25) is 6.41 Å². The zero-order valence-corrected chi connectivity index (χ0v) is 11.9. The number of nitrogens with zero attached hydrogens (tertiary/aromatic N) is 1. The zero-order valence-electron chi connectivity index (χ0n) is 11.9. The monoisotopic (exact) mass is 275 g/mol. The molecule has 2 rings (SSSR count). The highest BCUT2D eigenvalue weighted by atomic mass is 16.3. The average Bonchev–Trinajstić information content (AvgIpc) is 2.88. The molecule has 0 spiro atoms. The molecule has 0 radical (unpaired) electrons. The summed E-state index contributed by atoms with van der Waals surface area (Å²) in [6, 6.07) is 7.49. The minimum Gasteiger partial charge on any atom is -0.396 e. The van der Waals surface area contributed by atoms with Gasteiger partial charge in [-0.25, -0.2) is 0 Å². The van der Waals surface area contributed by atoms with Crippen molar-refractivity contribution in [3.63, 3.8) is 0 Å². The predicted molar refractivity (Wildman–Crippen MR) is 78.1 cm³/mol. The third-order valence-corrected chi connectivity index (χ3v) is 4.09. The maximum Gasteiger partial charge on any atom is 0.209 e. The van der Waals surface area contributed by atoms with E-state index in [1.165, 1.54) is 10.5 Å². The van der Waals surface area contributed by atoms with Gasteiger partial charge in [-0.1, -0.05) is 30.3 Å². The molecule has 0 fully saturated rings. The fraction of sp³-hybridized carbons (Fsp3) is 0.438. The number of allylic oxidation sites excluding steroid dienone is 1. The first-order valence-electron chi connectivity index (χ1n) is 6.81. The summed E-state index contributed by atoms with van der Waals surface area (Å²) < 4.78 is 0. The van der Waals surface area contributed by atoms with E-state index in [1.54, 1.807) is 14.0 Å². The summed E-state index contributed by atoms with van der Waals surface area (Å²) >= 11 is 0. The quantitative estimate of drug-likeness (QED) is 0.767. The first kappa shape index (κ1) is 14.8. The van der Waals surface area contributed by atoms with Crippen LogP contribution in [-0.2, 0) is 11.2 Å². The van der Waals surface area contributed by atoms with E-state index in [9.17, 15) is 15.0 Å². The molecule has 0 aliphatic heterocycles. The number of benzene rings is 1. The molecule has 2 unspecified atom stereocenters. The molecule has 0 aromatic heterocycles. The molecule has 2 atom stereocenters. The van der Waals surface area contributed by atoms with Crippen LogP contribution in [0.1, 0.15) is 24.5 Å². The Labute approximate surface area is 119 Å². The molecule has 4 nitrogen and oxygen atoms in total. The van der Waals surface area contributed by atoms with Gasteiger partial charge in [0.15, 0.2) is 0 Å². The molecule has 4 heteroatoms. The highest BCUT2D eigenvalue weighted by Crippen LogP contribution is 2.38. The van der Waals surface area contributed by atoms with Crippen LogP contribution in [0.2, 0.25) is 0 Å². The van der Waals surface area contributed by atoms with E-state index in [-0.39, 0.29) is 6.61 Å². The van der Waals surface area contributed by atoms with Gasteiger partial charge in [-0.05, 0) is 36.5 Å². The lowest BCUT2D eigenvalue weighted by Crippen LogP contribution is -2.50. The normalized spacial score (nSPS) is 17.9. The van der Waals surface area contributed by atoms with E-state index in [0.717, 1.165) is 17.6 Å². The molecule has 2 N–H and O–H groups in total. The predicted octanol–water partition coefficient (Wildman–Crippen LogP) is 1.22. The van der Waals surface area contributed by atoms with Crippen molar-refractivity contribution in [2.75, 3.05) is 13.7 Å². The van der Waals surface area contributed by atoms with Gasteiger partial charge >= 0.3 is 0 Å². The molecule has 20 heavy (non-hydrogen) atoms. The zero-order chi connectivity index (χ0) is 14.8. The van der Waals surface area contributed by atoms with Crippen LogP contribution in [0.5, 0.6) is 0 Å². The van der Waals surface area contributed by atoms with E-state index in [2.05, 4.69) is 0 Å². The molecule has 1 aromatic carbocycles. The Kier molecular flexibility index (Phi) is 4.26. The highest BCUT2D eigenvalue weighted by Gasteiger charge is 2.40. The van der Waals surface area contributed by atoms with E-state index in [4.69, 9.17) is 0 Å². The number of aliphatic hydroxyl groups excluding tert-OH is 1. The molecule has 1 amide bonds. The standard InChI is InChI=1S/C16H21NO3/c1-16(20,15(9-10-18)17(2)11-19)14-8-7-12-5-3-4-6-13(12)14/h3-6,8,11,15,18,20H,7,9-10H2,1-2H3. The second-order valence-electron chi connectivity index (χ2n) is 5.43. The molecule has 0 heterocycles. The van der Waals surface area contributed by atoms with Gasteiger partial charge in [0.05, 0.1) is 6.04 Å². The van der Waals surface area contributed by atoms with Crippen LogP contribution in [-0.4, -0.2) is 46.8 Å². The summed E-state index contributed by atoms with van der Waals surface area (Å²) in [5.74, 6) is 0. The lowest BCUT2D eigenvalue weighted by atomic mass is 9.82. The maximum atomic E-state index is 11.0. The summed E-state index contributed by atoms with van der Waals surface area (Å²) in [5, 5.41) is 20.2. The van der Waals surface area contributed by atoms with Crippen LogP contribution >= 0.6 is 0 Å². The minimum absolute atomic E-state index is 0.0755. The Morgan fingerprint density at radius 3 is 2.80 bits per heavy atom. The Morgan fingerprint density at radius 2 is 2.15 bits per heavy atom. The highest BCUT2D eigenvalue weighted by molar-refractivity contribution is 5.79. The molecular formula is C16H21NO3. The van der Waals surface area contributed by atoms with Crippen molar-refractivity contribution in [2.45, 2.75) is 31.4 Å². The van der Waals surface area contributed by atoms with Crippen LogP contribution in [0.25, 0.3) is 5.57 Å². The summed E-state index contributed by atoms with van der Waals surface area (Å²) in [7, 11) is 1.63. The number of likely N-dealkylation sites (N-methyl/N-ethyl adjacent to an activating group) is 1. The number of fused-ring (bicyclic) bond motifs is 1. The van der Waals surface area contributed by atoms with E-state index in [0.29, 0.717) is 12.8 Å². The number of carbonyl (C=O) groups is 1. The maximum absolute atomic E-state index is 11.0. The van der Waals surface area contributed by atoms with Crippen LogP contribution in [0, 0.1) is 0 Å². The van der Waals surface area contributed by atoms with Crippen molar-refractivity contribution in [3.05, 3.63) is 41.5 Å². The van der Waals surface area contributed by atoms with Gasteiger partial charge in [-0.2, -0.15) is 0 Å². The first-order valence-corrected chi connectivity index (χ1v) is 6.81. The topological polar surface area (TPSA) is 60.8 Å². The van der Waals surface area contributed by atoms with Crippen molar-refractivity contribution >= 4 is 12.0 Å². The van der Waals surface area contributed by atoms with Gasteiger partial charge in [-0.3, -0.25) is 4.79 Å². The minimum atomic E-state index is -1.19. The third-order valence-electron chi connectivity index (χ3n) is 4.09. The molecule has 108 valence electrons. The molecule has 0 bridgehead atoms. The van der Waals surface area contributed by atoms with Crippen LogP contribution < -0.4 is 0 Å². The third kappa shape index (κ3) is 2.49. The summed E-state index contributed by atoms with van der Waals surface area (Å²) in [6.45, 7) is 1.63. The Bertz CT molecular complexity index is 522. The van der Waals surface area contributed by atoms with Crippen molar-refractivity contribution in [1.82, 2.24) is 4.90 Å². The van der Waals surface area contributed by atoms with Crippen molar-refractivity contribution < 1.29 is 15.0 Å². The fourth-order valence-corrected chi connectivity index (χ4v) is 3.02. The summed E-state index contributed by atoms with van der Waals surface area (Å²) in [5.41, 5.74) is 1.85. The Hall–Kier alpha value is -1.65. The number of aliphatic hydroxyl groups is 2. The molecule has 1 aromatic rings. The van der Waals surface area contributed by atoms with Crippen molar-refractivity contribution in [3.8, 4) is 0 Å². The smallest absolute Gasteiger partial charge is 0.209 e. The largest absolute Gasteiger partial charge is 0.396 e. The number of amides is 1. The second-order valence-corrected chi connectivity index (χ2v) is 5.43. The molecule has 1 aliphatic rings. The number of carbonyl (C=O) groups excluding carboxylic acids is 1. The molecule has 0 saturated heterocycles. The van der Waals surface area contributed by atoms with Gasteiger partial charge in [0.25, 0.3) is 0 Å². The SMILES string of the molecule is CN(C=O)C(CCO)C(C)(O)C1=CCc2ccccc21. The average molecular weight is 275 g/mol. The van der Waals surface area contributed by atoms with Gasteiger partial charge < -0.3 is 15.1 Å². The van der Waals surface area contributed by atoms with Crippen LogP contribution in [0.4, 0.5) is 0 Å². The van der Waals surface area contributed by atoms with Crippen molar-refractivity contribution in [1.29, 1.82) is 0 Å². The number of hydrogen-bond donors (Lipinski definition) is 2. The van der Waals surface area contributed by atoms with E-state index >= 15 is 0 Å². The van der Waals surface area contributed by atoms with E-state index < -0.39 is 11.6 Å². The molecular weight excluding hydrogens is 254 g/mol. The Morgan fingerprint density at radius 1 is 1.45 bits per heavy atom. The van der Waals surface area contributed by atoms with Gasteiger partial charge in [0, 0.05) is 13.7 Å². The Balaban J connectivity index is 2.36. The van der Waals surface area contributed by atoms with Crippen molar-refractivity contribution in [2.24, 2.45) is 0 Å². The molecule has 1 aliphatic carbocycles. The summed E-state index contributed by atoms with van der Waals surface area (Å²) in [6.07, 6.45) is 3.82. The van der Waals surface area contributed by atoms with Gasteiger partial charge in [0.1, 0.15) is 5.60 Å². The lowest BCUT2D eigenvalue weighted by molar-refractivity contribution is -0.122. The first-order chi connectivity index (χ1) is 9.52. The number of hydrogen-bond acceptors (Lipinski definition) is 3.